The zero-order valence-corrected chi connectivity index (χ0v) is 15.7. The Balaban J connectivity index is 1.63. The van der Waals surface area contributed by atoms with Crippen LogP contribution in [0.4, 0.5) is 5.69 Å². The van der Waals surface area contributed by atoms with Crippen LogP contribution < -0.4 is 15.4 Å². The number of hydrogen-bond donors (Lipinski definition) is 3. The van der Waals surface area contributed by atoms with Gasteiger partial charge in [0.1, 0.15) is 6.04 Å². The number of rotatable bonds is 7. The van der Waals surface area contributed by atoms with Crippen molar-refractivity contribution in [1.29, 1.82) is 0 Å². The van der Waals surface area contributed by atoms with Crippen LogP contribution in [-0.2, 0) is 14.8 Å². The molecule has 0 radical (unpaired) electrons. The van der Waals surface area contributed by atoms with Crippen LogP contribution in [0.15, 0.2) is 46.7 Å². The first-order valence-electron chi connectivity index (χ1n) is 8.13. The molecule has 1 heterocycles. The van der Waals surface area contributed by atoms with E-state index in [-0.39, 0.29) is 16.8 Å². The molecule has 26 heavy (non-hydrogen) atoms. The predicted molar refractivity (Wildman–Crippen MR) is 99.7 cm³/mol. The first kappa shape index (κ1) is 18.6. The fraction of sp³-hybridized carbons (Fsp3) is 0.294. The number of anilines is 1. The molecule has 9 heteroatoms. The maximum absolute atomic E-state index is 12.3. The molecular formula is C17H19N3O4S2. The van der Waals surface area contributed by atoms with Gasteiger partial charge in [-0.2, -0.15) is 0 Å². The van der Waals surface area contributed by atoms with E-state index in [9.17, 15) is 18.0 Å². The molecule has 0 aliphatic heterocycles. The second-order valence-electron chi connectivity index (χ2n) is 6.09. The Morgan fingerprint density at radius 3 is 2.62 bits per heavy atom. The number of carbonyl (C=O) groups is 2. The Bertz CT molecular complexity index is 906. The molecule has 1 atom stereocenters. The van der Waals surface area contributed by atoms with Gasteiger partial charge < -0.3 is 10.6 Å². The SMILES string of the molecule is CC(NC(=O)c1cccs1)C(=O)Nc1cccc(S(=O)(=O)NC2CC2)c1. The number of benzene rings is 1. The number of thiophene rings is 1. The summed E-state index contributed by atoms with van der Waals surface area (Å²) < 4.78 is 27.1. The van der Waals surface area contributed by atoms with E-state index in [2.05, 4.69) is 15.4 Å². The normalized spacial score (nSPS) is 15.3. The summed E-state index contributed by atoms with van der Waals surface area (Å²) in [6.07, 6.45) is 1.69. The molecule has 2 aromatic rings. The molecule has 1 aliphatic rings. The monoisotopic (exact) mass is 393 g/mol. The molecule has 1 unspecified atom stereocenters. The molecule has 3 N–H and O–H groups in total. The van der Waals surface area contributed by atoms with Crippen LogP contribution in [0.2, 0.25) is 0 Å². The molecule has 0 spiro atoms. The zero-order chi connectivity index (χ0) is 18.7. The van der Waals surface area contributed by atoms with E-state index in [1.807, 2.05) is 0 Å². The van der Waals surface area contributed by atoms with Crippen molar-refractivity contribution in [3.8, 4) is 0 Å². The average molecular weight is 393 g/mol. The Labute approximate surface area is 155 Å². The lowest BCUT2D eigenvalue weighted by molar-refractivity contribution is -0.117. The summed E-state index contributed by atoms with van der Waals surface area (Å²) in [5, 5.41) is 7.02. The van der Waals surface area contributed by atoms with E-state index in [1.165, 1.54) is 23.5 Å². The predicted octanol–water partition coefficient (Wildman–Crippen LogP) is 1.95. The van der Waals surface area contributed by atoms with Crippen LogP contribution in [0, 0.1) is 0 Å². The quantitative estimate of drug-likeness (QED) is 0.669. The number of hydrogen-bond acceptors (Lipinski definition) is 5. The molecule has 3 rings (SSSR count). The van der Waals surface area contributed by atoms with Crippen LogP contribution in [-0.4, -0.2) is 32.3 Å². The summed E-state index contributed by atoms with van der Waals surface area (Å²) in [4.78, 5) is 24.9. The molecular weight excluding hydrogens is 374 g/mol. The molecule has 1 aliphatic carbocycles. The van der Waals surface area contributed by atoms with Crippen molar-refractivity contribution in [2.45, 2.75) is 36.7 Å². The van der Waals surface area contributed by atoms with Crippen molar-refractivity contribution < 1.29 is 18.0 Å². The highest BCUT2D eigenvalue weighted by Crippen LogP contribution is 2.23. The summed E-state index contributed by atoms with van der Waals surface area (Å²) in [6.45, 7) is 1.57. The number of amides is 2. The maximum atomic E-state index is 12.3. The fourth-order valence-electron chi connectivity index (χ4n) is 2.22. The van der Waals surface area contributed by atoms with Gasteiger partial charge in [0, 0.05) is 11.7 Å². The van der Waals surface area contributed by atoms with Crippen molar-refractivity contribution in [2.75, 3.05) is 5.32 Å². The van der Waals surface area contributed by atoms with Gasteiger partial charge in [0.25, 0.3) is 5.91 Å². The number of carbonyl (C=O) groups excluding carboxylic acids is 2. The Morgan fingerprint density at radius 1 is 1.19 bits per heavy atom. The van der Waals surface area contributed by atoms with Gasteiger partial charge in [0.2, 0.25) is 15.9 Å². The second-order valence-corrected chi connectivity index (χ2v) is 8.75. The van der Waals surface area contributed by atoms with Crippen molar-refractivity contribution in [3.05, 3.63) is 46.7 Å². The van der Waals surface area contributed by atoms with Crippen molar-refractivity contribution in [2.24, 2.45) is 0 Å². The van der Waals surface area contributed by atoms with Crippen LogP contribution >= 0.6 is 11.3 Å². The van der Waals surface area contributed by atoms with Gasteiger partial charge in [-0.3, -0.25) is 9.59 Å². The van der Waals surface area contributed by atoms with Gasteiger partial charge in [-0.25, -0.2) is 13.1 Å². The van der Waals surface area contributed by atoms with Gasteiger partial charge in [-0.05, 0) is 49.4 Å². The third kappa shape index (κ3) is 4.69. The van der Waals surface area contributed by atoms with Crippen molar-refractivity contribution in [1.82, 2.24) is 10.0 Å². The van der Waals surface area contributed by atoms with Crippen molar-refractivity contribution in [3.63, 3.8) is 0 Å². The average Bonchev–Trinajstić information content (AvgIpc) is 3.22. The molecule has 138 valence electrons. The molecule has 1 saturated carbocycles. The van der Waals surface area contributed by atoms with E-state index < -0.39 is 22.0 Å². The smallest absolute Gasteiger partial charge is 0.261 e. The minimum atomic E-state index is -3.59. The molecule has 1 aromatic carbocycles. The van der Waals surface area contributed by atoms with E-state index in [0.717, 1.165) is 12.8 Å². The zero-order valence-electron chi connectivity index (χ0n) is 14.1. The highest BCUT2D eigenvalue weighted by atomic mass is 32.2. The van der Waals surface area contributed by atoms with Gasteiger partial charge in [-0.15, -0.1) is 11.3 Å². The van der Waals surface area contributed by atoms with Crippen molar-refractivity contribution >= 4 is 38.9 Å². The Morgan fingerprint density at radius 2 is 1.96 bits per heavy atom. The molecule has 1 fully saturated rings. The standard InChI is InChI=1S/C17H19N3O4S2/c1-11(18-17(22)15-6-3-9-25-15)16(21)19-13-4-2-5-14(10-13)26(23,24)20-12-7-8-12/h2-6,9-12,20H,7-8H2,1H3,(H,18,22)(H,19,21). The number of sulfonamides is 1. The first-order valence-corrected chi connectivity index (χ1v) is 10.5. The van der Waals surface area contributed by atoms with Crippen LogP contribution in [0.1, 0.15) is 29.4 Å². The van der Waals surface area contributed by atoms with Gasteiger partial charge in [0.15, 0.2) is 0 Å². The van der Waals surface area contributed by atoms with Crippen LogP contribution in [0.25, 0.3) is 0 Å². The van der Waals surface area contributed by atoms with Gasteiger partial charge >= 0.3 is 0 Å². The summed E-state index contributed by atoms with van der Waals surface area (Å²) in [6, 6.07) is 8.70. The lowest BCUT2D eigenvalue weighted by atomic mass is 10.2. The fourth-order valence-corrected chi connectivity index (χ4v) is 4.20. The summed E-state index contributed by atoms with van der Waals surface area (Å²) in [7, 11) is -3.59. The lowest BCUT2D eigenvalue weighted by Crippen LogP contribution is -2.41. The highest BCUT2D eigenvalue weighted by Gasteiger charge is 2.28. The Hall–Kier alpha value is -2.23. The molecule has 7 nitrogen and oxygen atoms in total. The topological polar surface area (TPSA) is 104 Å². The van der Waals surface area contributed by atoms with Gasteiger partial charge in [0.05, 0.1) is 9.77 Å². The van der Waals surface area contributed by atoms with Crippen LogP contribution in [0.3, 0.4) is 0 Å². The van der Waals surface area contributed by atoms with Crippen LogP contribution in [0.5, 0.6) is 0 Å². The number of nitrogens with one attached hydrogen (secondary N) is 3. The maximum Gasteiger partial charge on any atom is 0.261 e. The van der Waals surface area contributed by atoms with E-state index in [4.69, 9.17) is 0 Å². The Kier molecular flexibility index (Phi) is 5.40. The largest absolute Gasteiger partial charge is 0.340 e. The highest BCUT2D eigenvalue weighted by molar-refractivity contribution is 7.89. The summed E-state index contributed by atoms with van der Waals surface area (Å²) in [5.74, 6) is -0.757. The summed E-state index contributed by atoms with van der Waals surface area (Å²) in [5.41, 5.74) is 0.353. The van der Waals surface area contributed by atoms with E-state index in [1.54, 1.807) is 36.6 Å². The minimum absolute atomic E-state index is 0.00531. The molecule has 2 amide bonds. The van der Waals surface area contributed by atoms with E-state index >= 15 is 0 Å². The minimum Gasteiger partial charge on any atom is -0.340 e. The lowest BCUT2D eigenvalue weighted by Gasteiger charge is -2.14. The summed E-state index contributed by atoms with van der Waals surface area (Å²) >= 11 is 1.29. The second kappa shape index (κ2) is 7.56. The molecule has 1 aromatic heterocycles. The molecule has 0 bridgehead atoms. The first-order chi connectivity index (χ1) is 12.3. The third-order valence-corrected chi connectivity index (χ3v) is 6.18. The third-order valence-electron chi connectivity index (χ3n) is 3.80. The molecule has 0 saturated heterocycles. The van der Waals surface area contributed by atoms with E-state index in [0.29, 0.717) is 10.6 Å². The van der Waals surface area contributed by atoms with Gasteiger partial charge in [-0.1, -0.05) is 12.1 Å².